The molecule has 114 valence electrons. The maximum atomic E-state index is 11.9. The summed E-state index contributed by atoms with van der Waals surface area (Å²) in [7, 11) is 0. The lowest BCUT2D eigenvalue weighted by Crippen LogP contribution is -2.20. The number of amides is 1. The van der Waals surface area contributed by atoms with Crippen molar-refractivity contribution < 1.29 is 14.3 Å². The van der Waals surface area contributed by atoms with Gasteiger partial charge in [0, 0.05) is 16.3 Å². The average Bonchev–Trinajstić information content (AvgIpc) is 2.48. The van der Waals surface area contributed by atoms with Gasteiger partial charge in [-0.1, -0.05) is 11.6 Å². The number of halogens is 1. The molecule has 5 heteroatoms. The molecule has 4 nitrogen and oxygen atoms in total. The monoisotopic (exact) mass is 317 g/mol. The van der Waals surface area contributed by atoms with E-state index in [1.807, 2.05) is 13.8 Å². The van der Waals surface area contributed by atoms with E-state index in [4.69, 9.17) is 16.3 Å². The van der Waals surface area contributed by atoms with Crippen LogP contribution in [0.5, 0.6) is 5.75 Å². The van der Waals surface area contributed by atoms with Gasteiger partial charge in [0.1, 0.15) is 12.0 Å². The average molecular weight is 318 g/mol. The van der Waals surface area contributed by atoms with E-state index >= 15 is 0 Å². The first kappa shape index (κ1) is 16.0. The van der Waals surface area contributed by atoms with Gasteiger partial charge in [0.2, 0.25) is 0 Å². The second-order valence-electron chi connectivity index (χ2n) is 4.95. The van der Waals surface area contributed by atoms with E-state index in [2.05, 4.69) is 5.32 Å². The molecule has 0 unspecified atom stereocenters. The van der Waals surface area contributed by atoms with Gasteiger partial charge in [-0.15, -0.1) is 0 Å². The molecule has 0 saturated carbocycles. The van der Waals surface area contributed by atoms with Crippen LogP contribution in [0.2, 0.25) is 5.02 Å². The Bertz CT molecular complexity index is 673. The summed E-state index contributed by atoms with van der Waals surface area (Å²) in [6.07, 6.45) is 0.789. The number of benzene rings is 2. The minimum absolute atomic E-state index is 0.106. The maximum Gasteiger partial charge on any atom is 0.262 e. The van der Waals surface area contributed by atoms with Crippen LogP contribution >= 0.6 is 11.6 Å². The standard InChI is InChI=1S/C17H16ClNO3/c1-11-7-13(9-20)8-12(2)17(11)22-10-16(21)19-15-5-3-14(18)4-6-15/h3-9H,10H2,1-2H3,(H,19,21). The summed E-state index contributed by atoms with van der Waals surface area (Å²) < 4.78 is 5.57. The van der Waals surface area contributed by atoms with Crippen LogP contribution in [-0.4, -0.2) is 18.8 Å². The summed E-state index contributed by atoms with van der Waals surface area (Å²) in [5, 5.41) is 3.33. The van der Waals surface area contributed by atoms with Gasteiger partial charge in [-0.05, 0) is 61.4 Å². The number of hydrogen-bond donors (Lipinski definition) is 1. The topological polar surface area (TPSA) is 55.4 Å². The Balaban J connectivity index is 1.99. The molecule has 0 aliphatic heterocycles. The van der Waals surface area contributed by atoms with Crippen molar-refractivity contribution >= 4 is 29.5 Å². The molecular formula is C17H16ClNO3. The van der Waals surface area contributed by atoms with E-state index in [1.165, 1.54) is 0 Å². The zero-order chi connectivity index (χ0) is 16.1. The van der Waals surface area contributed by atoms with E-state index in [-0.39, 0.29) is 12.5 Å². The predicted octanol–water partition coefficient (Wildman–Crippen LogP) is 3.79. The minimum atomic E-state index is -0.263. The van der Waals surface area contributed by atoms with Crippen LogP contribution < -0.4 is 10.1 Å². The molecule has 0 aliphatic rings. The molecular weight excluding hydrogens is 302 g/mol. The highest BCUT2D eigenvalue weighted by Gasteiger charge is 2.09. The largest absolute Gasteiger partial charge is 0.483 e. The third-order valence-electron chi connectivity index (χ3n) is 3.09. The van der Waals surface area contributed by atoms with Crippen LogP contribution in [0.15, 0.2) is 36.4 Å². The second-order valence-corrected chi connectivity index (χ2v) is 5.38. The van der Waals surface area contributed by atoms with Gasteiger partial charge >= 0.3 is 0 Å². The Morgan fingerprint density at radius 2 is 1.77 bits per heavy atom. The van der Waals surface area contributed by atoms with Gasteiger partial charge in [-0.25, -0.2) is 0 Å². The third kappa shape index (κ3) is 4.09. The van der Waals surface area contributed by atoms with Crippen molar-refractivity contribution in [3.63, 3.8) is 0 Å². The summed E-state index contributed by atoms with van der Waals surface area (Å²) in [5.74, 6) is 0.359. The van der Waals surface area contributed by atoms with E-state index in [0.717, 1.165) is 17.4 Å². The van der Waals surface area contributed by atoms with Crippen LogP contribution in [0.3, 0.4) is 0 Å². The lowest BCUT2D eigenvalue weighted by Gasteiger charge is -2.13. The van der Waals surface area contributed by atoms with Gasteiger partial charge in [0.25, 0.3) is 5.91 Å². The van der Waals surface area contributed by atoms with Gasteiger partial charge in [-0.2, -0.15) is 0 Å². The number of aryl methyl sites for hydroxylation is 2. The first-order valence-electron chi connectivity index (χ1n) is 6.74. The third-order valence-corrected chi connectivity index (χ3v) is 3.35. The van der Waals surface area contributed by atoms with Gasteiger partial charge in [-0.3, -0.25) is 9.59 Å². The van der Waals surface area contributed by atoms with Crippen LogP contribution in [0.1, 0.15) is 21.5 Å². The fraction of sp³-hybridized carbons (Fsp3) is 0.176. The molecule has 0 radical (unpaired) electrons. The van der Waals surface area contributed by atoms with Crippen molar-refractivity contribution in [2.75, 3.05) is 11.9 Å². The summed E-state index contributed by atoms with van der Waals surface area (Å²) in [6, 6.07) is 10.3. The number of carbonyl (C=O) groups excluding carboxylic acids is 2. The number of rotatable bonds is 5. The normalized spacial score (nSPS) is 10.1. The molecule has 2 rings (SSSR count). The first-order valence-corrected chi connectivity index (χ1v) is 7.12. The zero-order valence-corrected chi connectivity index (χ0v) is 13.1. The van der Waals surface area contributed by atoms with Crippen LogP contribution in [0.25, 0.3) is 0 Å². The molecule has 0 atom stereocenters. The maximum absolute atomic E-state index is 11.9. The van der Waals surface area contributed by atoms with Crippen LogP contribution in [-0.2, 0) is 4.79 Å². The molecule has 0 fully saturated rings. The number of hydrogen-bond acceptors (Lipinski definition) is 3. The molecule has 0 saturated heterocycles. The molecule has 1 amide bonds. The second kappa shape index (κ2) is 7.09. The fourth-order valence-electron chi connectivity index (χ4n) is 2.15. The molecule has 1 N–H and O–H groups in total. The van der Waals surface area contributed by atoms with Crippen molar-refractivity contribution in [1.29, 1.82) is 0 Å². The molecule has 0 heterocycles. The smallest absolute Gasteiger partial charge is 0.262 e. The molecule has 2 aromatic carbocycles. The highest BCUT2D eigenvalue weighted by molar-refractivity contribution is 6.30. The fourth-order valence-corrected chi connectivity index (χ4v) is 2.27. The van der Waals surface area contributed by atoms with Crippen molar-refractivity contribution in [1.82, 2.24) is 0 Å². The van der Waals surface area contributed by atoms with E-state index < -0.39 is 0 Å². The number of nitrogens with one attached hydrogen (secondary N) is 1. The number of aldehydes is 1. The summed E-state index contributed by atoms with van der Waals surface area (Å²) in [6.45, 7) is 3.57. The van der Waals surface area contributed by atoms with E-state index in [9.17, 15) is 9.59 Å². The summed E-state index contributed by atoms with van der Waals surface area (Å²) in [4.78, 5) is 22.7. The van der Waals surface area contributed by atoms with E-state index in [0.29, 0.717) is 22.0 Å². The molecule has 2 aromatic rings. The highest BCUT2D eigenvalue weighted by Crippen LogP contribution is 2.24. The lowest BCUT2D eigenvalue weighted by molar-refractivity contribution is -0.118. The first-order chi connectivity index (χ1) is 10.5. The van der Waals surface area contributed by atoms with Crippen LogP contribution in [0.4, 0.5) is 5.69 Å². The summed E-state index contributed by atoms with van der Waals surface area (Å²) in [5.41, 5.74) is 2.89. The summed E-state index contributed by atoms with van der Waals surface area (Å²) >= 11 is 5.79. The number of carbonyl (C=O) groups is 2. The quantitative estimate of drug-likeness (QED) is 0.854. The Morgan fingerprint density at radius 3 is 2.32 bits per heavy atom. The molecule has 0 bridgehead atoms. The van der Waals surface area contributed by atoms with Crippen molar-refractivity contribution in [2.45, 2.75) is 13.8 Å². The van der Waals surface area contributed by atoms with E-state index in [1.54, 1.807) is 36.4 Å². The molecule has 0 aliphatic carbocycles. The van der Waals surface area contributed by atoms with Crippen LogP contribution in [0, 0.1) is 13.8 Å². The zero-order valence-electron chi connectivity index (χ0n) is 12.4. The Labute approximate surface area is 134 Å². The Kier molecular flexibility index (Phi) is 5.17. The number of anilines is 1. The van der Waals surface area contributed by atoms with Crippen molar-refractivity contribution in [3.05, 3.63) is 58.1 Å². The molecule has 0 aromatic heterocycles. The van der Waals surface area contributed by atoms with Gasteiger partial charge in [0.05, 0.1) is 0 Å². The molecule has 0 spiro atoms. The van der Waals surface area contributed by atoms with Gasteiger partial charge in [0.15, 0.2) is 6.61 Å². The minimum Gasteiger partial charge on any atom is -0.483 e. The SMILES string of the molecule is Cc1cc(C=O)cc(C)c1OCC(=O)Nc1ccc(Cl)cc1. The predicted molar refractivity (Wildman–Crippen MR) is 86.9 cm³/mol. The number of ether oxygens (including phenoxy) is 1. The Morgan fingerprint density at radius 1 is 1.18 bits per heavy atom. The highest BCUT2D eigenvalue weighted by atomic mass is 35.5. The Hall–Kier alpha value is -2.33. The van der Waals surface area contributed by atoms with Crippen molar-refractivity contribution in [2.24, 2.45) is 0 Å². The van der Waals surface area contributed by atoms with Gasteiger partial charge < -0.3 is 10.1 Å². The molecule has 22 heavy (non-hydrogen) atoms. The van der Waals surface area contributed by atoms with Crippen molar-refractivity contribution in [3.8, 4) is 5.75 Å². The lowest BCUT2D eigenvalue weighted by atomic mass is 10.1.